The number of benzene rings is 2. The molecule has 2 aliphatic heterocycles. The van der Waals surface area contributed by atoms with Crippen LogP contribution in [-0.2, 0) is 6.54 Å². The van der Waals surface area contributed by atoms with Crippen molar-refractivity contribution >= 4 is 46.0 Å². The summed E-state index contributed by atoms with van der Waals surface area (Å²) in [5.41, 5.74) is 5.98. The van der Waals surface area contributed by atoms with Crippen LogP contribution in [0.15, 0.2) is 77.9 Å². The molecular formula is C33H34ClN7OS. The van der Waals surface area contributed by atoms with Crippen molar-refractivity contribution in [3.63, 3.8) is 0 Å². The van der Waals surface area contributed by atoms with Crippen LogP contribution in [0.1, 0.15) is 34.5 Å². The Morgan fingerprint density at radius 3 is 2.67 bits per heavy atom. The molecule has 0 spiro atoms. The van der Waals surface area contributed by atoms with Gasteiger partial charge in [-0.25, -0.2) is 4.98 Å². The van der Waals surface area contributed by atoms with Crippen LogP contribution in [0.5, 0.6) is 0 Å². The molecule has 7 rings (SSSR count). The number of halogens is 1. The molecule has 220 valence electrons. The first-order chi connectivity index (χ1) is 21.0. The second-order valence-electron chi connectivity index (χ2n) is 11.3. The highest BCUT2D eigenvalue weighted by atomic mass is 35.5. The number of hydrogen-bond acceptors (Lipinski definition) is 7. The van der Waals surface area contributed by atoms with Crippen molar-refractivity contribution in [2.24, 2.45) is 0 Å². The Labute approximate surface area is 259 Å². The van der Waals surface area contributed by atoms with Crippen LogP contribution in [-0.4, -0.2) is 51.0 Å². The normalized spacial score (nSPS) is 18.7. The van der Waals surface area contributed by atoms with Gasteiger partial charge in [-0.05, 0) is 67.4 Å². The highest BCUT2D eigenvalue weighted by molar-refractivity contribution is 7.99. The molecule has 5 aromatic rings. The van der Waals surface area contributed by atoms with Crippen LogP contribution >= 0.6 is 23.4 Å². The molecule has 43 heavy (non-hydrogen) atoms. The molecule has 0 radical (unpaired) electrons. The van der Waals surface area contributed by atoms with E-state index < -0.39 is 0 Å². The van der Waals surface area contributed by atoms with Gasteiger partial charge in [0, 0.05) is 82.0 Å². The fraction of sp³-hybridized carbons (Fsp3) is 0.303. The van der Waals surface area contributed by atoms with Crippen LogP contribution in [0.4, 0.5) is 11.6 Å². The minimum absolute atomic E-state index is 0.136. The summed E-state index contributed by atoms with van der Waals surface area (Å²) in [6.07, 6.45) is 4.95. The van der Waals surface area contributed by atoms with Gasteiger partial charge in [-0.15, -0.1) is 0 Å². The summed E-state index contributed by atoms with van der Waals surface area (Å²) in [6.45, 7) is 6.33. The van der Waals surface area contributed by atoms with E-state index in [4.69, 9.17) is 16.6 Å². The van der Waals surface area contributed by atoms with Gasteiger partial charge in [0.2, 0.25) is 5.95 Å². The maximum Gasteiger partial charge on any atom is 0.260 e. The minimum atomic E-state index is -0.136. The monoisotopic (exact) mass is 611 g/mol. The lowest BCUT2D eigenvalue weighted by Crippen LogP contribution is -2.28. The van der Waals surface area contributed by atoms with Gasteiger partial charge >= 0.3 is 0 Å². The minimum Gasteiger partial charge on any atom is -0.345 e. The predicted octanol–water partition coefficient (Wildman–Crippen LogP) is 5.93. The number of nitrogens with zero attached hydrogens (tertiary/aromatic N) is 4. The fourth-order valence-electron chi connectivity index (χ4n) is 6.05. The molecule has 0 aliphatic carbocycles. The van der Waals surface area contributed by atoms with Crippen LogP contribution in [0.2, 0.25) is 5.02 Å². The first-order valence-electron chi connectivity index (χ1n) is 14.8. The summed E-state index contributed by atoms with van der Waals surface area (Å²) in [5.74, 6) is 1.57. The van der Waals surface area contributed by atoms with Crippen molar-refractivity contribution in [3.8, 4) is 11.1 Å². The molecule has 0 amide bonds. The quantitative estimate of drug-likeness (QED) is 0.210. The molecule has 2 aliphatic rings. The zero-order valence-electron chi connectivity index (χ0n) is 24.0. The predicted molar refractivity (Wildman–Crippen MR) is 177 cm³/mol. The third-order valence-corrected chi connectivity index (χ3v) is 9.92. The fourth-order valence-corrected chi connectivity index (χ4v) is 7.51. The third-order valence-electron chi connectivity index (χ3n) is 8.32. The van der Waals surface area contributed by atoms with Gasteiger partial charge in [0.1, 0.15) is 5.65 Å². The van der Waals surface area contributed by atoms with E-state index in [1.807, 2.05) is 43.0 Å². The van der Waals surface area contributed by atoms with Crippen molar-refractivity contribution in [1.82, 2.24) is 29.7 Å². The number of nitrogens with one attached hydrogen (secondary N) is 3. The summed E-state index contributed by atoms with van der Waals surface area (Å²) in [7, 11) is 0. The first kappa shape index (κ1) is 28.2. The van der Waals surface area contributed by atoms with Gasteiger partial charge in [0.25, 0.3) is 5.56 Å². The largest absolute Gasteiger partial charge is 0.345 e. The van der Waals surface area contributed by atoms with E-state index in [0.29, 0.717) is 45.6 Å². The van der Waals surface area contributed by atoms with E-state index in [-0.39, 0.29) is 5.56 Å². The molecule has 3 N–H and O–H groups in total. The molecule has 2 saturated heterocycles. The number of aryl methyl sites for hydroxylation is 1. The summed E-state index contributed by atoms with van der Waals surface area (Å²) >= 11 is 8.65. The number of thioether (sulfide) groups is 1. The van der Waals surface area contributed by atoms with Crippen LogP contribution in [0.25, 0.3) is 22.2 Å². The Kier molecular flexibility index (Phi) is 7.97. The first-order valence-corrected chi connectivity index (χ1v) is 16.2. The Hall–Kier alpha value is -3.63. The maximum atomic E-state index is 14.2. The van der Waals surface area contributed by atoms with Crippen molar-refractivity contribution < 1.29 is 0 Å². The standard InChI is InChI=1S/C33H34ClN7OS/c1-21-4-9-27(29(34)15-21)28-16-23-17-37-33(38-24-7-5-22(6-8-24)30-19-36-12-14-43-30)39-31(23)41(32(28)42)20-26-3-2-13-40(26)25-10-11-35-18-25/h2-9,13,15-17,25,30,35-36H,10-12,14,18-20H2,1H3,(H,37,38,39). The van der Waals surface area contributed by atoms with Gasteiger partial charge in [-0.3, -0.25) is 9.36 Å². The molecule has 2 atom stereocenters. The van der Waals surface area contributed by atoms with E-state index in [1.165, 1.54) is 5.56 Å². The van der Waals surface area contributed by atoms with Crippen LogP contribution < -0.4 is 21.5 Å². The Morgan fingerprint density at radius 2 is 1.91 bits per heavy atom. The van der Waals surface area contributed by atoms with E-state index in [0.717, 1.165) is 60.7 Å². The van der Waals surface area contributed by atoms with Crippen molar-refractivity contribution in [1.29, 1.82) is 0 Å². The van der Waals surface area contributed by atoms with Gasteiger partial charge in [-0.1, -0.05) is 35.9 Å². The lowest BCUT2D eigenvalue weighted by molar-refractivity contribution is 0.520. The molecule has 8 nitrogen and oxygen atoms in total. The molecule has 3 aromatic heterocycles. The van der Waals surface area contributed by atoms with E-state index in [2.05, 4.69) is 68.1 Å². The smallest absolute Gasteiger partial charge is 0.260 e. The van der Waals surface area contributed by atoms with E-state index in [9.17, 15) is 4.79 Å². The molecule has 2 aromatic carbocycles. The number of aromatic nitrogens is 4. The van der Waals surface area contributed by atoms with Gasteiger partial charge < -0.3 is 20.5 Å². The van der Waals surface area contributed by atoms with E-state index in [1.54, 1.807) is 10.8 Å². The lowest BCUT2D eigenvalue weighted by Gasteiger charge is -2.22. The number of anilines is 2. The third kappa shape index (κ3) is 5.82. The maximum absolute atomic E-state index is 14.2. The van der Waals surface area contributed by atoms with Crippen LogP contribution in [0.3, 0.4) is 0 Å². The van der Waals surface area contributed by atoms with Gasteiger partial charge in [0.05, 0.1) is 6.54 Å². The highest BCUT2D eigenvalue weighted by Gasteiger charge is 2.21. The van der Waals surface area contributed by atoms with Gasteiger partial charge in [0.15, 0.2) is 0 Å². The van der Waals surface area contributed by atoms with Gasteiger partial charge in [-0.2, -0.15) is 16.7 Å². The molecule has 5 heterocycles. The van der Waals surface area contributed by atoms with Crippen molar-refractivity contribution in [3.05, 3.63) is 105 Å². The summed E-state index contributed by atoms with van der Waals surface area (Å²) in [6, 6.07) is 20.6. The zero-order valence-corrected chi connectivity index (χ0v) is 25.6. The summed E-state index contributed by atoms with van der Waals surface area (Å²) < 4.78 is 4.05. The molecule has 0 bridgehead atoms. The molecule has 2 fully saturated rings. The number of hydrogen-bond donors (Lipinski definition) is 3. The number of fused-ring (bicyclic) bond motifs is 1. The summed E-state index contributed by atoms with van der Waals surface area (Å²) in [4.78, 5) is 23.8. The van der Waals surface area contributed by atoms with Crippen LogP contribution in [0, 0.1) is 6.92 Å². The number of pyridine rings is 1. The Morgan fingerprint density at radius 1 is 1.05 bits per heavy atom. The lowest BCUT2D eigenvalue weighted by atomic mass is 10.0. The average molecular weight is 612 g/mol. The second kappa shape index (κ2) is 12.2. The van der Waals surface area contributed by atoms with Crippen molar-refractivity contribution in [2.45, 2.75) is 31.2 Å². The zero-order chi connectivity index (χ0) is 29.3. The molecule has 10 heteroatoms. The molecule has 2 unspecified atom stereocenters. The second-order valence-corrected chi connectivity index (χ2v) is 13.0. The Balaban J connectivity index is 1.28. The highest BCUT2D eigenvalue weighted by Crippen LogP contribution is 2.32. The summed E-state index contributed by atoms with van der Waals surface area (Å²) in [5, 5.41) is 12.1. The van der Waals surface area contributed by atoms with Crippen molar-refractivity contribution in [2.75, 3.05) is 37.2 Å². The number of rotatable bonds is 7. The average Bonchev–Trinajstić information content (AvgIpc) is 3.72. The Bertz CT molecular complexity index is 1820. The molecular weight excluding hydrogens is 578 g/mol. The SMILES string of the molecule is Cc1ccc(-c2cc3cnc(Nc4ccc(C5CNCCS5)cc4)nc3n(Cc3cccn3C3CCNC3)c2=O)c(Cl)c1. The topological polar surface area (TPSA) is 88.8 Å². The molecule has 0 saturated carbocycles. The van der Waals surface area contributed by atoms with E-state index >= 15 is 0 Å².